The first kappa shape index (κ1) is 9.92. The van der Waals surface area contributed by atoms with Gasteiger partial charge in [-0.2, -0.15) is 0 Å². The molecule has 0 aliphatic heterocycles. The van der Waals surface area contributed by atoms with E-state index in [0.29, 0.717) is 5.71 Å². The van der Waals surface area contributed by atoms with E-state index >= 15 is 0 Å². The van der Waals surface area contributed by atoms with E-state index in [-0.39, 0.29) is 5.78 Å². The maximum absolute atomic E-state index is 11.2. The van der Waals surface area contributed by atoms with Crippen molar-refractivity contribution in [3.63, 3.8) is 0 Å². The van der Waals surface area contributed by atoms with Gasteiger partial charge in [-0.25, -0.2) is 0 Å². The third kappa shape index (κ3) is 3.37. The van der Waals surface area contributed by atoms with E-state index < -0.39 is 8.32 Å². The van der Waals surface area contributed by atoms with Gasteiger partial charge in [-0.15, -0.1) is 0 Å². The zero-order valence-corrected chi connectivity index (χ0v) is 9.07. The molecule has 0 saturated heterocycles. The largest absolute Gasteiger partial charge is 0.455 e. The lowest BCUT2D eigenvalue weighted by Crippen LogP contribution is -2.24. The summed E-state index contributed by atoms with van der Waals surface area (Å²) < 4.78 is 5.26. The number of rotatable bonds is 2. The summed E-state index contributed by atoms with van der Waals surface area (Å²) in [5.41, 5.74) is 0.380. The average Bonchev–Trinajstić information content (AvgIpc) is 2.01. The average molecular weight is 195 g/mol. The fourth-order valence-corrected chi connectivity index (χ4v) is 1.09. The third-order valence-corrected chi connectivity index (χ3v) is 1.92. The molecule has 0 fully saturated rings. The van der Waals surface area contributed by atoms with Crippen molar-refractivity contribution in [2.24, 2.45) is 5.16 Å². The smallest absolute Gasteiger partial charge is 0.278 e. The summed E-state index contributed by atoms with van der Waals surface area (Å²) in [7, 11) is -1.67. The SMILES string of the molecule is C[Si](C)(C)ON=C1C=CC=CC1=O. The Hall–Kier alpha value is -1.16. The van der Waals surface area contributed by atoms with Crippen LogP contribution in [0.2, 0.25) is 19.6 Å². The second kappa shape index (κ2) is 3.70. The molecular weight excluding hydrogens is 182 g/mol. The van der Waals surface area contributed by atoms with Crippen molar-refractivity contribution in [3.05, 3.63) is 24.3 Å². The van der Waals surface area contributed by atoms with Gasteiger partial charge >= 0.3 is 0 Å². The predicted molar refractivity (Wildman–Crippen MR) is 55.2 cm³/mol. The fourth-order valence-electron chi connectivity index (χ4n) is 0.719. The summed E-state index contributed by atoms with van der Waals surface area (Å²) in [4.78, 5) is 11.2. The first-order valence-electron chi connectivity index (χ1n) is 4.14. The van der Waals surface area contributed by atoms with E-state index in [2.05, 4.69) is 5.16 Å². The van der Waals surface area contributed by atoms with Crippen molar-refractivity contribution < 1.29 is 9.32 Å². The molecule has 0 atom stereocenters. The summed E-state index contributed by atoms with van der Waals surface area (Å²) >= 11 is 0. The second-order valence-corrected chi connectivity index (χ2v) is 8.17. The van der Waals surface area contributed by atoms with Crippen LogP contribution in [0.15, 0.2) is 29.5 Å². The van der Waals surface area contributed by atoms with E-state index in [1.54, 1.807) is 18.2 Å². The molecule has 1 aliphatic carbocycles. The molecule has 70 valence electrons. The molecule has 0 saturated carbocycles. The highest BCUT2D eigenvalue weighted by atomic mass is 28.4. The van der Waals surface area contributed by atoms with Crippen LogP contribution < -0.4 is 0 Å². The van der Waals surface area contributed by atoms with Crippen molar-refractivity contribution in [2.45, 2.75) is 19.6 Å². The normalized spacial score (nSPS) is 19.6. The summed E-state index contributed by atoms with van der Waals surface area (Å²) in [6.07, 6.45) is 6.60. The summed E-state index contributed by atoms with van der Waals surface area (Å²) in [5.74, 6) is -0.0965. The molecule has 0 radical (unpaired) electrons. The molecule has 0 N–H and O–H groups in total. The van der Waals surface area contributed by atoms with Gasteiger partial charge in [0.1, 0.15) is 5.71 Å². The first-order chi connectivity index (χ1) is 5.99. The van der Waals surface area contributed by atoms with Crippen molar-refractivity contribution in [1.82, 2.24) is 0 Å². The van der Waals surface area contributed by atoms with Gasteiger partial charge in [0.05, 0.1) is 0 Å². The standard InChI is InChI=1S/C9H13NO2Si/c1-13(2,3)12-10-8-6-4-5-7-9(8)11/h4-7H,1-3H3. The second-order valence-electron chi connectivity index (χ2n) is 3.76. The lowest BCUT2D eigenvalue weighted by molar-refractivity contribution is -0.108. The minimum atomic E-state index is -1.67. The lowest BCUT2D eigenvalue weighted by atomic mass is 10.1. The number of hydrogen-bond donors (Lipinski definition) is 0. The van der Waals surface area contributed by atoms with Gasteiger partial charge in [-0.1, -0.05) is 17.3 Å². The minimum Gasteiger partial charge on any atom is -0.455 e. The molecular formula is C9H13NO2Si. The van der Waals surface area contributed by atoms with Gasteiger partial charge in [0.15, 0.2) is 0 Å². The van der Waals surface area contributed by atoms with Gasteiger partial charge in [-0.05, 0) is 31.8 Å². The monoisotopic (exact) mass is 195 g/mol. The van der Waals surface area contributed by atoms with Crippen molar-refractivity contribution in [1.29, 1.82) is 0 Å². The number of carbonyl (C=O) groups is 1. The van der Waals surface area contributed by atoms with E-state index in [1.165, 1.54) is 6.08 Å². The van der Waals surface area contributed by atoms with E-state index in [4.69, 9.17) is 4.53 Å². The Labute approximate surface area is 78.9 Å². The molecule has 3 nitrogen and oxygen atoms in total. The highest BCUT2D eigenvalue weighted by molar-refractivity contribution is 6.69. The van der Waals surface area contributed by atoms with E-state index in [9.17, 15) is 4.79 Å². The van der Waals surface area contributed by atoms with Crippen molar-refractivity contribution in [3.8, 4) is 0 Å². The van der Waals surface area contributed by atoms with Crippen LogP contribution in [0, 0.1) is 0 Å². The van der Waals surface area contributed by atoms with E-state index in [1.807, 2.05) is 19.6 Å². The van der Waals surface area contributed by atoms with Crippen LogP contribution >= 0.6 is 0 Å². The summed E-state index contributed by atoms with van der Waals surface area (Å²) in [5, 5.41) is 3.83. The van der Waals surface area contributed by atoms with Crippen LogP contribution in [0.4, 0.5) is 0 Å². The topological polar surface area (TPSA) is 38.7 Å². The quantitative estimate of drug-likeness (QED) is 0.383. The Morgan fingerprint density at radius 1 is 1.23 bits per heavy atom. The Morgan fingerprint density at radius 2 is 1.85 bits per heavy atom. The minimum absolute atomic E-state index is 0.0965. The maximum atomic E-state index is 11.2. The Bertz CT molecular complexity index is 297. The molecule has 1 rings (SSSR count). The Morgan fingerprint density at radius 3 is 2.38 bits per heavy atom. The number of oxime groups is 1. The highest BCUT2D eigenvalue weighted by Gasteiger charge is 2.17. The van der Waals surface area contributed by atoms with Crippen LogP contribution in [0.25, 0.3) is 0 Å². The predicted octanol–water partition coefficient (Wildman–Crippen LogP) is 1.89. The molecule has 0 aromatic rings. The maximum Gasteiger partial charge on any atom is 0.278 e. The summed E-state index contributed by atoms with van der Waals surface area (Å²) in [6.45, 7) is 6.05. The zero-order valence-electron chi connectivity index (χ0n) is 8.07. The van der Waals surface area contributed by atoms with Crippen molar-refractivity contribution in [2.75, 3.05) is 0 Å². The van der Waals surface area contributed by atoms with Crippen molar-refractivity contribution >= 4 is 19.8 Å². The summed E-state index contributed by atoms with van der Waals surface area (Å²) in [6, 6.07) is 0. The van der Waals surface area contributed by atoms with Gasteiger partial charge in [0.25, 0.3) is 8.32 Å². The van der Waals surface area contributed by atoms with Crippen LogP contribution in [-0.4, -0.2) is 19.8 Å². The van der Waals surface area contributed by atoms with Gasteiger partial charge in [0, 0.05) is 0 Å². The van der Waals surface area contributed by atoms with E-state index in [0.717, 1.165) is 0 Å². The molecule has 13 heavy (non-hydrogen) atoms. The molecule has 0 heterocycles. The number of allylic oxidation sites excluding steroid dienone is 4. The van der Waals surface area contributed by atoms with Gasteiger partial charge < -0.3 is 4.53 Å². The molecule has 0 bridgehead atoms. The Balaban J connectivity index is 2.67. The number of nitrogens with zero attached hydrogens (tertiary/aromatic N) is 1. The molecule has 0 amide bonds. The molecule has 0 spiro atoms. The molecule has 0 unspecified atom stereocenters. The lowest BCUT2D eigenvalue weighted by Gasteiger charge is -2.13. The highest BCUT2D eigenvalue weighted by Crippen LogP contribution is 2.05. The van der Waals surface area contributed by atoms with Gasteiger partial charge in [-0.3, -0.25) is 4.79 Å². The number of hydrogen-bond acceptors (Lipinski definition) is 3. The fraction of sp³-hybridized carbons (Fsp3) is 0.333. The number of carbonyl (C=O) groups excluding carboxylic acids is 1. The van der Waals surface area contributed by atoms with Crippen LogP contribution in [0.5, 0.6) is 0 Å². The van der Waals surface area contributed by atoms with Crippen LogP contribution in [0.1, 0.15) is 0 Å². The Kier molecular flexibility index (Phi) is 2.82. The molecule has 0 aromatic heterocycles. The molecule has 1 aliphatic rings. The molecule has 4 heteroatoms. The number of ketones is 1. The van der Waals surface area contributed by atoms with Crippen LogP contribution in [-0.2, 0) is 9.32 Å². The third-order valence-electron chi connectivity index (χ3n) is 1.28. The first-order valence-corrected chi connectivity index (χ1v) is 7.55. The van der Waals surface area contributed by atoms with Crippen LogP contribution in [0.3, 0.4) is 0 Å². The zero-order chi connectivity index (χ0) is 9.90. The molecule has 0 aromatic carbocycles. The van der Waals surface area contributed by atoms with Gasteiger partial charge in [0.2, 0.25) is 5.78 Å².